The Hall–Kier alpha value is -2.41. The summed E-state index contributed by atoms with van der Waals surface area (Å²) < 4.78 is 68.9. The standard InChI is InChI=1S/C23H25FN4O4S3/c1-34(29,30)19-3-2-4-20(14-19)35(31,32)28-11-9-23(10-12-28)15-27(16-23)22-25-21(26-33-22)13-17-5-7-18(24)8-6-17/h2-8,14H,9-13,15-16H2,1H3. The van der Waals surface area contributed by atoms with Crippen LogP contribution in [0.1, 0.15) is 24.2 Å². The molecule has 0 N–H and O–H groups in total. The Morgan fingerprint density at radius 3 is 2.31 bits per heavy atom. The first-order valence-electron chi connectivity index (χ1n) is 11.2. The molecule has 2 fully saturated rings. The molecule has 2 saturated heterocycles. The van der Waals surface area contributed by atoms with E-state index in [1.807, 2.05) is 0 Å². The van der Waals surface area contributed by atoms with Gasteiger partial charge in [-0.05, 0) is 48.7 Å². The van der Waals surface area contributed by atoms with Crippen molar-refractivity contribution >= 4 is 36.5 Å². The lowest BCUT2D eigenvalue weighted by Gasteiger charge is -2.53. The topological polar surface area (TPSA) is 101 Å². The average molecular weight is 537 g/mol. The predicted octanol–water partition coefficient (Wildman–Crippen LogP) is 2.96. The zero-order chi connectivity index (χ0) is 24.8. The molecule has 8 nitrogen and oxygen atoms in total. The number of benzene rings is 2. The van der Waals surface area contributed by atoms with E-state index in [0.717, 1.165) is 42.9 Å². The average Bonchev–Trinajstić information content (AvgIpc) is 3.26. The summed E-state index contributed by atoms with van der Waals surface area (Å²) in [5, 5.41) is 0.848. The summed E-state index contributed by atoms with van der Waals surface area (Å²) in [5.74, 6) is 0.433. The van der Waals surface area contributed by atoms with Gasteiger partial charge in [-0.15, -0.1) is 0 Å². The molecule has 0 unspecified atom stereocenters. The number of rotatable bonds is 6. The smallest absolute Gasteiger partial charge is 0.243 e. The minimum absolute atomic E-state index is 0.00227. The van der Waals surface area contributed by atoms with E-state index in [-0.39, 0.29) is 21.0 Å². The Kier molecular flexibility index (Phi) is 6.19. The maximum absolute atomic E-state index is 13.1. The Labute approximate surface area is 208 Å². The van der Waals surface area contributed by atoms with E-state index >= 15 is 0 Å². The molecule has 12 heteroatoms. The van der Waals surface area contributed by atoms with Gasteiger partial charge in [0.2, 0.25) is 15.2 Å². The Morgan fingerprint density at radius 1 is 1.00 bits per heavy atom. The quantitative estimate of drug-likeness (QED) is 0.478. The van der Waals surface area contributed by atoms with E-state index in [2.05, 4.69) is 14.3 Å². The fraction of sp³-hybridized carbons (Fsp3) is 0.391. The van der Waals surface area contributed by atoms with Crippen LogP contribution in [0.3, 0.4) is 0 Å². The molecule has 2 aliphatic heterocycles. The van der Waals surface area contributed by atoms with Gasteiger partial charge in [0.25, 0.3) is 0 Å². The Balaban J connectivity index is 1.19. The zero-order valence-corrected chi connectivity index (χ0v) is 21.5. The molecular weight excluding hydrogens is 511 g/mol. The van der Waals surface area contributed by atoms with Crippen LogP contribution in [0.2, 0.25) is 0 Å². The number of piperidine rings is 1. The van der Waals surface area contributed by atoms with Gasteiger partial charge in [0.1, 0.15) is 11.6 Å². The number of aromatic nitrogens is 2. The van der Waals surface area contributed by atoms with Crippen LogP contribution in [0.15, 0.2) is 58.3 Å². The Morgan fingerprint density at radius 2 is 1.66 bits per heavy atom. The van der Waals surface area contributed by atoms with Gasteiger partial charge in [0, 0.05) is 55.8 Å². The minimum Gasteiger partial charge on any atom is -0.346 e. The number of sulfonamides is 1. The molecule has 2 aromatic carbocycles. The van der Waals surface area contributed by atoms with Crippen LogP contribution >= 0.6 is 11.5 Å². The molecule has 0 bridgehead atoms. The van der Waals surface area contributed by atoms with Gasteiger partial charge in [-0.3, -0.25) is 0 Å². The molecule has 35 heavy (non-hydrogen) atoms. The van der Waals surface area contributed by atoms with Gasteiger partial charge in [-0.1, -0.05) is 18.2 Å². The molecule has 0 radical (unpaired) electrons. The lowest BCUT2D eigenvalue weighted by atomic mass is 9.73. The molecule has 1 spiro atoms. The van der Waals surface area contributed by atoms with E-state index in [9.17, 15) is 21.2 Å². The number of anilines is 1. The highest BCUT2D eigenvalue weighted by Crippen LogP contribution is 2.44. The molecule has 3 aromatic rings. The second kappa shape index (κ2) is 8.91. The van der Waals surface area contributed by atoms with Crippen molar-refractivity contribution in [2.24, 2.45) is 5.41 Å². The summed E-state index contributed by atoms with van der Waals surface area (Å²) in [4.78, 5) is 6.81. The molecule has 0 atom stereocenters. The van der Waals surface area contributed by atoms with E-state index in [4.69, 9.17) is 0 Å². The lowest BCUT2D eigenvalue weighted by Crippen LogP contribution is -2.61. The van der Waals surface area contributed by atoms with Crippen LogP contribution in [0.5, 0.6) is 0 Å². The van der Waals surface area contributed by atoms with Crippen molar-refractivity contribution < 1.29 is 21.2 Å². The van der Waals surface area contributed by atoms with Crippen molar-refractivity contribution in [2.45, 2.75) is 29.1 Å². The summed E-state index contributed by atoms with van der Waals surface area (Å²) in [6.07, 6.45) is 3.07. The summed E-state index contributed by atoms with van der Waals surface area (Å²) in [7, 11) is -7.26. The van der Waals surface area contributed by atoms with Crippen molar-refractivity contribution in [3.05, 3.63) is 65.7 Å². The van der Waals surface area contributed by atoms with E-state index in [1.54, 1.807) is 12.1 Å². The maximum atomic E-state index is 13.1. The second-order valence-electron chi connectivity index (χ2n) is 9.30. The molecule has 5 rings (SSSR count). The molecule has 186 valence electrons. The zero-order valence-electron chi connectivity index (χ0n) is 19.1. The maximum Gasteiger partial charge on any atom is 0.243 e. The second-order valence-corrected chi connectivity index (χ2v) is 14.0. The van der Waals surface area contributed by atoms with Gasteiger partial charge in [0.15, 0.2) is 9.84 Å². The van der Waals surface area contributed by atoms with Crippen LogP contribution in [0, 0.1) is 11.2 Å². The van der Waals surface area contributed by atoms with Gasteiger partial charge in [0.05, 0.1) is 9.79 Å². The van der Waals surface area contributed by atoms with E-state index < -0.39 is 19.9 Å². The first kappa shape index (κ1) is 24.3. The van der Waals surface area contributed by atoms with Crippen LogP contribution in [0.25, 0.3) is 0 Å². The molecule has 2 aliphatic rings. The number of hydrogen-bond donors (Lipinski definition) is 0. The molecule has 1 aromatic heterocycles. The third kappa shape index (κ3) is 4.97. The third-order valence-electron chi connectivity index (χ3n) is 6.71. The van der Waals surface area contributed by atoms with Crippen molar-refractivity contribution in [2.75, 3.05) is 37.3 Å². The van der Waals surface area contributed by atoms with Crippen LogP contribution in [-0.2, 0) is 26.3 Å². The lowest BCUT2D eigenvalue weighted by molar-refractivity contribution is 0.114. The van der Waals surface area contributed by atoms with Crippen molar-refractivity contribution in [3.63, 3.8) is 0 Å². The van der Waals surface area contributed by atoms with E-state index in [1.165, 1.54) is 52.2 Å². The number of halogens is 1. The van der Waals surface area contributed by atoms with Gasteiger partial charge in [-0.25, -0.2) is 26.2 Å². The normalized spacial score (nSPS) is 18.5. The highest BCUT2D eigenvalue weighted by atomic mass is 32.2. The van der Waals surface area contributed by atoms with Gasteiger partial charge in [-0.2, -0.15) is 8.68 Å². The van der Waals surface area contributed by atoms with Crippen LogP contribution in [0.4, 0.5) is 9.52 Å². The SMILES string of the molecule is CS(=O)(=O)c1cccc(S(=O)(=O)N2CCC3(CC2)CN(c2nc(Cc4ccc(F)cc4)ns2)C3)c1. The largest absolute Gasteiger partial charge is 0.346 e. The van der Waals surface area contributed by atoms with Crippen LogP contribution in [-0.4, -0.2) is 62.9 Å². The number of hydrogen-bond acceptors (Lipinski definition) is 8. The summed E-state index contributed by atoms with van der Waals surface area (Å²) >= 11 is 1.34. The molecular formula is C23H25FN4O4S3. The van der Waals surface area contributed by atoms with E-state index in [0.29, 0.717) is 25.3 Å². The molecule has 3 heterocycles. The minimum atomic E-state index is -3.76. The molecule has 0 aliphatic carbocycles. The van der Waals surface area contributed by atoms with Crippen molar-refractivity contribution in [1.82, 2.24) is 13.7 Å². The highest BCUT2D eigenvalue weighted by molar-refractivity contribution is 7.91. The van der Waals surface area contributed by atoms with Crippen molar-refractivity contribution in [1.29, 1.82) is 0 Å². The number of nitrogens with zero attached hydrogens (tertiary/aromatic N) is 4. The Bertz CT molecular complexity index is 1440. The number of sulfone groups is 1. The summed E-state index contributed by atoms with van der Waals surface area (Å²) in [6, 6.07) is 11.9. The summed E-state index contributed by atoms with van der Waals surface area (Å²) in [5.41, 5.74) is 0.996. The fourth-order valence-electron chi connectivity index (χ4n) is 4.66. The van der Waals surface area contributed by atoms with Crippen LogP contribution < -0.4 is 4.90 Å². The molecule has 0 saturated carbocycles. The van der Waals surface area contributed by atoms with Gasteiger partial charge < -0.3 is 4.90 Å². The first-order chi connectivity index (χ1) is 16.5. The third-order valence-corrected chi connectivity index (χ3v) is 10.5. The first-order valence-corrected chi connectivity index (χ1v) is 15.3. The van der Waals surface area contributed by atoms with Crippen molar-refractivity contribution in [3.8, 4) is 0 Å². The monoisotopic (exact) mass is 536 g/mol. The summed E-state index contributed by atoms with van der Waals surface area (Å²) in [6.45, 7) is 2.39. The molecule has 0 amide bonds. The van der Waals surface area contributed by atoms with Gasteiger partial charge >= 0.3 is 0 Å². The highest BCUT2D eigenvalue weighted by Gasteiger charge is 2.47. The predicted molar refractivity (Wildman–Crippen MR) is 131 cm³/mol. The fourth-order valence-corrected chi connectivity index (χ4v) is 7.57.